The van der Waals surface area contributed by atoms with Crippen LogP contribution in [0.4, 0.5) is 6.01 Å². The van der Waals surface area contributed by atoms with Gasteiger partial charge in [0, 0.05) is 31.6 Å². The van der Waals surface area contributed by atoms with E-state index >= 15 is 0 Å². The maximum absolute atomic E-state index is 11.1. The molecule has 0 saturated carbocycles. The Kier molecular flexibility index (Phi) is 4.91. The molecule has 3 heterocycles. The molecule has 6 nitrogen and oxygen atoms in total. The second-order valence-electron chi connectivity index (χ2n) is 7.98. The van der Waals surface area contributed by atoms with Gasteiger partial charge in [0.25, 0.3) is 6.01 Å². The fraction of sp³-hybridized carbons (Fsp3) is 0.524. The first-order chi connectivity index (χ1) is 13.1. The lowest BCUT2D eigenvalue weighted by Crippen LogP contribution is -2.35. The number of aromatic carboxylic acids is 1. The van der Waals surface area contributed by atoms with Gasteiger partial charge in [-0.2, -0.15) is 4.98 Å². The molecule has 27 heavy (non-hydrogen) atoms. The van der Waals surface area contributed by atoms with Gasteiger partial charge < -0.3 is 19.3 Å². The van der Waals surface area contributed by atoms with Crippen LogP contribution in [-0.4, -0.2) is 53.7 Å². The summed E-state index contributed by atoms with van der Waals surface area (Å²) in [6, 6.07) is 11.1. The monoisotopic (exact) mass is 369 g/mol. The Bertz CT molecular complexity index is 791. The number of hydrogen-bond acceptors (Lipinski definition) is 5. The number of carbonyl (C=O) groups is 1. The van der Waals surface area contributed by atoms with Crippen molar-refractivity contribution in [1.29, 1.82) is 0 Å². The van der Waals surface area contributed by atoms with Crippen LogP contribution in [0.2, 0.25) is 0 Å². The smallest absolute Gasteiger partial charge is 0.357 e. The van der Waals surface area contributed by atoms with Gasteiger partial charge in [-0.25, -0.2) is 4.79 Å². The molecule has 2 unspecified atom stereocenters. The van der Waals surface area contributed by atoms with E-state index in [1.807, 2.05) is 0 Å². The molecule has 2 aliphatic rings. The lowest BCUT2D eigenvalue weighted by molar-refractivity contribution is 0.0690. The van der Waals surface area contributed by atoms with Crippen molar-refractivity contribution in [2.45, 2.75) is 26.2 Å². The maximum atomic E-state index is 11.1. The number of likely N-dealkylation sites (tertiary alicyclic amines) is 1. The fourth-order valence-corrected chi connectivity index (χ4v) is 4.83. The Morgan fingerprint density at radius 2 is 2.11 bits per heavy atom. The van der Waals surface area contributed by atoms with Gasteiger partial charge in [-0.15, -0.1) is 0 Å². The van der Waals surface area contributed by atoms with Gasteiger partial charge in [0.15, 0.2) is 5.69 Å². The number of carboxylic acid groups (broad SMARTS) is 1. The molecule has 4 rings (SSSR count). The summed E-state index contributed by atoms with van der Waals surface area (Å²) in [6.07, 6.45) is 4.61. The number of aryl methyl sites for hydroxylation is 1. The summed E-state index contributed by atoms with van der Waals surface area (Å²) in [4.78, 5) is 20.0. The molecule has 1 N–H and O–H groups in total. The minimum Gasteiger partial charge on any atom is -0.476 e. The van der Waals surface area contributed by atoms with E-state index in [0.29, 0.717) is 11.9 Å². The highest BCUT2D eigenvalue weighted by molar-refractivity contribution is 5.85. The number of nitrogens with zero attached hydrogens (tertiary/aromatic N) is 3. The Morgan fingerprint density at radius 1 is 1.30 bits per heavy atom. The minimum atomic E-state index is -1.04. The van der Waals surface area contributed by atoms with E-state index in [-0.39, 0.29) is 11.1 Å². The number of fused-ring (bicyclic) bond motifs is 1. The van der Waals surface area contributed by atoms with Gasteiger partial charge in [0.2, 0.25) is 0 Å². The summed E-state index contributed by atoms with van der Waals surface area (Å²) in [5.74, 6) is -0.481. The van der Waals surface area contributed by atoms with Gasteiger partial charge in [0.1, 0.15) is 6.26 Å². The average molecular weight is 369 g/mol. The topological polar surface area (TPSA) is 69.8 Å². The van der Waals surface area contributed by atoms with Crippen LogP contribution in [0.3, 0.4) is 0 Å². The third-order valence-electron chi connectivity index (χ3n) is 6.11. The van der Waals surface area contributed by atoms with Crippen molar-refractivity contribution in [2.24, 2.45) is 11.3 Å². The normalized spacial score (nSPS) is 25.1. The highest BCUT2D eigenvalue weighted by atomic mass is 16.4. The van der Waals surface area contributed by atoms with Crippen LogP contribution in [0.15, 0.2) is 41.0 Å². The van der Waals surface area contributed by atoms with Crippen molar-refractivity contribution in [3.63, 3.8) is 0 Å². The summed E-state index contributed by atoms with van der Waals surface area (Å²) in [5, 5.41) is 9.11. The molecule has 0 aliphatic carbocycles. The third-order valence-corrected chi connectivity index (χ3v) is 6.11. The van der Waals surface area contributed by atoms with Crippen LogP contribution in [0.1, 0.15) is 35.8 Å². The van der Waals surface area contributed by atoms with Crippen molar-refractivity contribution in [3.05, 3.63) is 47.9 Å². The lowest BCUT2D eigenvalue weighted by Gasteiger charge is -2.29. The fourth-order valence-electron chi connectivity index (χ4n) is 4.83. The van der Waals surface area contributed by atoms with E-state index < -0.39 is 5.97 Å². The van der Waals surface area contributed by atoms with Crippen molar-refractivity contribution < 1.29 is 14.3 Å². The molecule has 0 bridgehead atoms. The number of rotatable bonds is 7. The minimum absolute atomic E-state index is 0.0204. The molecule has 144 valence electrons. The molecular formula is C21H27N3O3. The zero-order valence-corrected chi connectivity index (χ0v) is 15.8. The van der Waals surface area contributed by atoms with Gasteiger partial charge in [-0.3, -0.25) is 0 Å². The first-order valence-corrected chi connectivity index (χ1v) is 9.80. The molecule has 2 fully saturated rings. The van der Waals surface area contributed by atoms with E-state index in [4.69, 9.17) is 9.52 Å². The zero-order chi connectivity index (χ0) is 18.9. The number of anilines is 1. The number of benzene rings is 1. The Labute approximate surface area is 159 Å². The van der Waals surface area contributed by atoms with Gasteiger partial charge in [-0.05, 0) is 37.3 Å². The molecule has 0 radical (unpaired) electrons. The highest BCUT2D eigenvalue weighted by Gasteiger charge is 2.52. The summed E-state index contributed by atoms with van der Waals surface area (Å²) in [6.45, 7) is 7.34. The largest absolute Gasteiger partial charge is 0.476 e. The van der Waals surface area contributed by atoms with Gasteiger partial charge in [-0.1, -0.05) is 37.3 Å². The van der Waals surface area contributed by atoms with E-state index in [1.54, 1.807) is 0 Å². The number of hydrogen-bond donors (Lipinski definition) is 1. The van der Waals surface area contributed by atoms with Crippen LogP contribution in [0.5, 0.6) is 0 Å². The van der Waals surface area contributed by atoms with E-state index in [2.05, 4.69) is 52.0 Å². The molecular weight excluding hydrogens is 342 g/mol. The summed E-state index contributed by atoms with van der Waals surface area (Å²) >= 11 is 0. The predicted octanol–water partition coefficient (Wildman–Crippen LogP) is 3.15. The lowest BCUT2D eigenvalue weighted by atomic mass is 9.76. The van der Waals surface area contributed by atoms with Crippen LogP contribution in [0, 0.1) is 11.3 Å². The first kappa shape index (κ1) is 18.0. The van der Waals surface area contributed by atoms with Gasteiger partial charge >= 0.3 is 5.97 Å². The molecule has 0 spiro atoms. The van der Waals surface area contributed by atoms with E-state index in [1.165, 1.54) is 18.2 Å². The Hall–Kier alpha value is -2.34. The second kappa shape index (κ2) is 7.35. The number of oxazole rings is 1. The van der Waals surface area contributed by atoms with Crippen molar-refractivity contribution in [1.82, 2.24) is 9.88 Å². The standard InChI is InChI=1S/C21H27N3O3/c1-2-10-23-11-17-12-24(20-22-18(13-27-20)19(25)26)15-21(17,14-23)9-8-16-6-4-3-5-7-16/h3-7,13,17H,2,8-12,14-15H2,1H3,(H,25,26). The molecule has 0 amide bonds. The Morgan fingerprint density at radius 3 is 2.81 bits per heavy atom. The molecule has 1 aromatic heterocycles. The second-order valence-corrected chi connectivity index (χ2v) is 7.98. The third kappa shape index (κ3) is 3.58. The van der Waals surface area contributed by atoms with E-state index in [9.17, 15) is 4.79 Å². The van der Waals surface area contributed by atoms with Gasteiger partial charge in [0.05, 0.1) is 0 Å². The molecule has 2 atom stereocenters. The summed E-state index contributed by atoms with van der Waals surface area (Å²) in [5.41, 5.74) is 1.57. The maximum Gasteiger partial charge on any atom is 0.357 e. The van der Waals surface area contributed by atoms with Crippen LogP contribution in [-0.2, 0) is 6.42 Å². The predicted molar refractivity (Wildman–Crippen MR) is 103 cm³/mol. The van der Waals surface area contributed by atoms with Crippen molar-refractivity contribution >= 4 is 12.0 Å². The molecule has 2 saturated heterocycles. The summed E-state index contributed by atoms with van der Waals surface area (Å²) in [7, 11) is 0. The van der Waals surface area contributed by atoms with Crippen LogP contribution >= 0.6 is 0 Å². The molecule has 1 aromatic carbocycles. The number of carboxylic acids is 1. The molecule has 2 aromatic rings. The quantitative estimate of drug-likeness (QED) is 0.808. The van der Waals surface area contributed by atoms with E-state index in [0.717, 1.165) is 45.6 Å². The highest BCUT2D eigenvalue weighted by Crippen LogP contribution is 2.46. The SMILES string of the molecule is CCCN1CC2CN(c3nc(C(=O)O)co3)CC2(CCc2ccccc2)C1. The molecule has 2 aliphatic heterocycles. The number of aromatic nitrogens is 1. The van der Waals surface area contributed by atoms with Crippen molar-refractivity contribution in [3.8, 4) is 0 Å². The van der Waals surface area contributed by atoms with Crippen LogP contribution < -0.4 is 4.90 Å². The Balaban J connectivity index is 1.51. The van der Waals surface area contributed by atoms with Crippen LogP contribution in [0.25, 0.3) is 0 Å². The summed E-state index contributed by atoms with van der Waals surface area (Å²) < 4.78 is 5.48. The molecule has 6 heteroatoms. The zero-order valence-electron chi connectivity index (χ0n) is 15.8. The first-order valence-electron chi connectivity index (χ1n) is 9.80. The average Bonchev–Trinajstić information content (AvgIpc) is 3.33. The van der Waals surface area contributed by atoms with Crippen molar-refractivity contribution in [2.75, 3.05) is 37.6 Å².